The molecule has 2 heterocycles. The molecule has 0 aliphatic carbocycles. The molecular weight excluding hydrogens is 447 g/mol. The average Bonchev–Trinajstić information content (AvgIpc) is 3.00. The van der Waals surface area contributed by atoms with E-state index in [1.807, 2.05) is 0 Å². The van der Waals surface area contributed by atoms with Crippen LogP contribution in [0.3, 0.4) is 0 Å². The first-order valence-corrected chi connectivity index (χ1v) is 9.08. The molecule has 0 N–H and O–H groups in total. The second kappa shape index (κ2) is 7.31. The van der Waals surface area contributed by atoms with Crippen LogP contribution in [0.5, 0.6) is 5.75 Å². The molecule has 1 aliphatic heterocycles. The third kappa shape index (κ3) is 3.53. The van der Waals surface area contributed by atoms with E-state index >= 15 is 0 Å². The number of ether oxygens (including phenoxy) is 1. The second-order valence-electron chi connectivity index (χ2n) is 6.30. The molecule has 28 heavy (non-hydrogen) atoms. The molecule has 0 saturated carbocycles. The quantitative estimate of drug-likeness (QED) is 0.575. The van der Waals surface area contributed by atoms with Gasteiger partial charge in [0.25, 0.3) is 5.91 Å². The number of halogens is 7. The van der Waals surface area contributed by atoms with Gasteiger partial charge < -0.3 is 14.2 Å². The van der Waals surface area contributed by atoms with Crippen LogP contribution >= 0.6 is 34.8 Å². The summed E-state index contributed by atoms with van der Waals surface area (Å²) in [6, 6.07) is 1.97. The van der Waals surface area contributed by atoms with Crippen LogP contribution in [-0.2, 0) is 18.0 Å². The van der Waals surface area contributed by atoms with Gasteiger partial charge in [-0.25, -0.2) is 4.39 Å². The van der Waals surface area contributed by atoms with E-state index in [1.165, 1.54) is 4.90 Å². The Bertz CT molecular complexity index is 959. The van der Waals surface area contributed by atoms with Crippen LogP contribution in [0.1, 0.15) is 12.1 Å². The predicted octanol–water partition coefficient (Wildman–Crippen LogP) is 5.42. The second-order valence-corrected chi connectivity index (χ2v) is 7.45. The SMILES string of the molecule is CN1CCC(Oc2cc(-c3c(Cl)c(C(F)(F)F)n(C)c3Cl)c(F)cc2Cl)C1=O. The Hall–Kier alpha value is -1.64. The van der Waals surface area contributed by atoms with Crippen molar-refractivity contribution in [2.45, 2.75) is 18.7 Å². The van der Waals surface area contributed by atoms with E-state index in [-0.39, 0.29) is 27.8 Å². The van der Waals surface area contributed by atoms with Crippen LogP contribution in [0.15, 0.2) is 12.1 Å². The number of carbonyl (C=O) groups excluding carboxylic acids is 1. The number of amides is 1. The molecule has 3 rings (SSSR count). The first kappa shape index (κ1) is 21.1. The molecule has 1 aromatic heterocycles. The van der Waals surface area contributed by atoms with Gasteiger partial charge in [-0.15, -0.1) is 0 Å². The number of benzene rings is 1. The van der Waals surface area contributed by atoms with Crippen LogP contribution in [0.4, 0.5) is 17.6 Å². The standard InChI is InChI=1S/C17H13Cl3F4N2O2/c1-25-4-3-10(16(25)27)28-11-5-7(9(21)6-8(11)18)12-13(19)14(17(22,23)24)26(2)15(12)20/h5-6,10H,3-4H2,1-2H3. The van der Waals surface area contributed by atoms with E-state index in [4.69, 9.17) is 39.5 Å². The van der Waals surface area contributed by atoms with Crippen molar-refractivity contribution in [2.75, 3.05) is 13.6 Å². The summed E-state index contributed by atoms with van der Waals surface area (Å²) in [4.78, 5) is 13.5. The van der Waals surface area contributed by atoms with Crippen LogP contribution in [0.25, 0.3) is 11.1 Å². The molecule has 0 spiro atoms. The number of nitrogens with zero attached hydrogens (tertiary/aromatic N) is 2. The van der Waals surface area contributed by atoms with Gasteiger partial charge in [-0.05, 0) is 12.1 Å². The van der Waals surface area contributed by atoms with Gasteiger partial charge in [-0.1, -0.05) is 34.8 Å². The fourth-order valence-electron chi connectivity index (χ4n) is 3.03. The Labute approximate surface area is 172 Å². The molecule has 1 amide bonds. The first-order chi connectivity index (χ1) is 12.9. The minimum Gasteiger partial charge on any atom is -0.479 e. The summed E-state index contributed by atoms with van der Waals surface area (Å²) in [5, 5.41) is -1.28. The molecule has 1 aromatic carbocycles. The number of alkyl halides is 3. The molecule has 0 radical (unpaired) electrons. The molecule has 1 fully saturated rings. The molecule has 1 atom stereocenters. The molecule has 2 aromatic rings. The highest BCUT2D eigenvalue weighted by molar-refractivity contribution is 6.40. The number of hydrogen-bond donors (Lipinski definition) is 0. The number of carbonyl (C=O) groups is 1. The molecule has 1 saturated heterocycles. The minimum atomic E-state index is -4.79. The third-order valence-corrected chi connectivity index (χ3v) is 5.58. The van der Waals surface area contributed by atoms with Crippen molar-refractivity contribution in [3.8, 4) is 16.9 Å². The predicted molar refractivity (Wildman–Crippen MR) is 97.5 cm³/mol. The molecule has 4 nitrogen and oxygen atoms in total. The lowest BCUT2D eigenvalue weighted by Gasteiger charge is -2.15. The van der Waals surface area contributed by atoms with Crippen molar-refractivity contribution < 1.29 is 27.1 Å². The van der Waals surface area contributed by atoms with E-state index < -0.39 is 34.0 Å². The van der Waals surface area contributed by atoms with Crippen LogP contribution < -0.4 is 4.74 Å². The van der Waals surface area contributed by atoms with Crippen LogP contribution in [0, 0.1) is 5.82 Å². The lowest BCUT2D eigenvalue weighted by Crippen LogP contribution is -2.29. The van der Waals surface area contributed by atoms with E-state index in [0.717, 1.165) is 19.2 Å². The average molecular weight is 460 g/mol. The Morgan fingerprint density at radius 2 is 1.82 bits per heavy atom. The lowest BCUT2D eigenvalue weighted by molar-refractivity contribution is -0.143. The zero-order chi connectivity index (χ0) is 21.0. The van der Waals surface area contributed by atoms with Gasteiger partial charge in [0.15, 0.2) is 6.10 Å². The Morgan fingerprint density at radius 1 is 1.18 bits per heavy atom. The van der Waals surface area contributed by atoms with E-state index in [2.05, 4.69) is 0 Å². The molecule has 11 heteroatoms. The monoisotopic (exact) mass is 458 g/mol. The van der Waals surface area contributed by atoms with Crippen molar-refractivity contribution in [1.29, 1.82) is 0 Å². The van der Waals surface area contributed by atoms with Crippen LogP contribution in [0.2, 0.25) is 15.2 Å². The number of likely N-dealkylation sites (tertiary alicyclic amines) is 1. The Balaban J connectivity index is 2.10. The zero-order valence-corrected chi connectivity index (χ0v) is 16.8. The van der Waals surface area contributed by atoms with Crippen molar-refractivity contribution in [1.82, 2.24) is 9.47 Å². The summed E-state index contributed by atoms with van der Waals surface area (Å²) >= 11 is 17.9. The van der Waals surface area contributed by atoms with Gasteiger partial charge in [0.2, 0.25) is 0 Å². The third-order valence-electron chi connectivity index (χ3n) is 4.47. The summed E-state index contributed by atoms with van der Waals surface area (Å²) in [5.74, 6) is -1.27. The number of hydrogen-bond acceptors (Lipinski definition) is 2. The lowest BCUT2D eigenvalue weighted by atomic mass is 10.1. The van der Waals surface area contributed by atoms with E-state index in [9.17, 15) is 22.4 Å². The first-order valence-electron chi connectivity index (χ1n) is 7.95. The molecular formula is C17H13Cl3F4N2O2. The summed E-state index contributed by atoms with van der Waals surface area (Å²) in [6.07, 6.45) is -5.23. The van der Waals surface area contributed by atoms with Gasteiger partial charge in [-0.3, -0.25) is 4.79 Å². The largest absolute Gasteiger partial charge is 0.479 e. The van der Waals surface area contributed by atoms with Crippen molar-refractivity contribution in [3.63, 3.8) is 0 Å². The summed E-state index contributed by atoms with van der Waals surface area (Å²) in [6.45, 7) is 0.473. The summed E-state index contributed by atoms with van der Waals surface area (Å²) < 4.78 is 60.6. The maximum Gasteiger partial charge on any atom is 0.432 e. The Kier molecular flexibility index (Phi) is 5.51. The topological polar surface area (TPSA) is 34.5 Å². The normalized spacial score (nSPS) is 17.5. The highest BCUT2D eigenvalue weighted by atomic mass is 35.5. The van der Waals surface area contributed by atoms with Gasteiger partial charge in [0.05, 0.1) is 10.0 Å². The summed E-state index contributed by atoms with van der Waals surface area (Å²) in [5.41, 5.74) is -1.87. The van der Waals surface area contributed by atoms with Gasteiger partial charge in [0, 0.05) is 38.2 Å². The summed E-state index contributed by atoms with van der Waals surface area (Å²) in [7, 11) is 2.67. The smallest absolute Gasteiger partial charge is 0.432 e. The molecule has 1 aliphatic rings. The van der Waals surface area contributed by atoms with Crippen molar-refractivity contribution >= 4 is 40.7 Å². The Morgan fingerprint density at radius 3 is 2.32 bits per heavy atom. The van der Waals surface area contributed by atoms with E-state index in [0.29, 0.717) is 17.5 Å². The van der Waals surface area contributed by atoms with Crippen LogP contribution in [-0.4, -0.2) is 35.1 Å². The zero-order valence-electron chi connectivity index (χ0n) is 14.5. The highest BCUT2D eigenvalue weighted by Crippen LogP contribution is 2.47. The number of rotatable bonds is 3. The molecule has 152 valence electrons. The molecule has 0 bridgehead atoms. The van der Waals surface area contributed by atoms with Gasteiger partial charge in [0.1, 0.15) is 22.4 Å². The molecule has 1 unspecified atom stereocenters. The van der Waals surface area contributed by atoms with Crippen molar-refractivity contribution in [2.24, 2.45) is 7.05 Å². The fraction of sp³-hybridized carbons (Fsp3) is 0.353. The maximum absolute atomic E-state index is 14.5. The van der Waals surface area contributed by atoms with E-state index in [1.54, 1.807) is 7.05 Å². The number of likely N-dealkylation sites (N-methyl/N-ethyl adjacent to an activating group) is 1. The van der Waals surface area contributed by atoms with Gasteiger partial charge in [-0.2, -0.15) is 13.2 Å². The highest BCUT2D eigenvalue weighted by Gasteiger charge is 2.40. The van der Waals surface area contributed by atoms with Crippen molar-refractivity contribution in [3.05, 3.63) is 38.8 Å². The number of aromatic nitrogens is 1. The maximum atomic E-state index is 14.5. The minimum absolute atomic E-state index is 0.0590. The fourth-order valence-corrected chi connectivity index (χ4v) is 3.98. The van der Waals surface area contributed by atoms with Gasteiger partial charge >= 0.3 is 6.18 Å².